The van der Waals surface area contributed by atoms with Crippen molar-refractivity contribution in [3.8, 4) is 0 Å². The van der Waals surface area contributed by atoms with E-state index in [0.717, 1.165) is 0 Å². The zero-order valence-corrected chi connectivity index (χ0v) is 10.9. The standard InChI is InChI=1S/C12H20N4O2/c1-7(2)16-6-9(13)5-10(16)12(18)15-8(3)4-11(14)17/h5-8H,4,13H2,1-3H3,(H2,14,17)(H,15,18). The number of anilines is 1. The van der Waals surface area contributed by atoms with Crippen molar-refractivity contribution in [2.75, 3.05) is 5.73 Å². The number of rotatable bonds is 5. The van der Waals surface area contributed by atoms with Crippen LogP contribution in [0, 0.1) is 0 Å². The fraction of sp³-hybridized carbons (Fsp3) is 0.500. The quantitative estimate of drug-likeness (QED) is 0.716. The summed E-state index contributed by atoms with van der Waals surface area (Å²) >= 11 is 0. The first-order valence-corrected chi connectivity index (χ1v) is 5.87. The highest BCUT2D eigenvalue weighted by atomic mass is 16.2. The van der Waals surface area contributed by atoms with Gasteiger partial charge >= 0.3 is 0 Å². The zero-order valence-electron chi connectivity index (χ0n) is 10.9. The van der Waals surface area contributed by atoms with Gasteiger partial charge in [-0.05, 0) is 26.8 Å². The highest BCUT2D eigenvalue weighted by molar-refractivity contribution is 5.94. The van der Waals surface area contributed by atoms with Crippen LogP contribution in [0.3, 0.4) is 0 Å². The van der Waals surface area contributed by atoms with E-state index in [1.165, 1.54) is 0 Å². The lowest BCUT2D eigenvalue weighted by Crippen LogP contribution is -2.36. The molecule has 1 aromatic heterocycles. The van der Waals surface area contributed by atoms with Crippen LogP contribution in [-0.4, -0.2) is 22.4 Å². The Hall–Kier alpha value is -1.98. The second-order valence-corrected chi connectivity index (χ2v) is 4.70. The van der Waals surface area contributed by atoms with E-state index in [1.807, 2.05) is 13.8 Å². The number of hydrogen-bond acceptors (Lipinski definition) is 3. The molecule has 2 amide bonds. The largest absolute Gasteiger partial charge is 0.397 e. The molecule has 0 bridgehead atoms. The lowest BCUT2D eigenvalue weighted by Gasteiger charge is -2.15. The first kappa shape index (κ1) is 14.1. The van der Waals surface area contributed by atoms with E-state index in [0.29, 0.717) is 11.4 Å². The van der Waals surface area contributed by atoms with Gasteiger partial charge in [-0.15, -0.1) is 0 Å². The third-order valence-electron chi connectivity index (χ3n) is 2.54. The molecule has 1 unspecified atom stereocenters. The Morgan fingerprint density at radius 2 is 2.00 bits per heavy atom. The summed E-state index contributed by atoms with van der Waals surface area (Å²) in [6, 6.07) is 1.45. The lowest BCUT2D eigenvalue weighted by atomic mass is 10.2. The Balaban J connectivity index is 2.81. The molecule has 0 aliphatic rings. The van der Waals surface area contributed by atoms with E-state index in [-0.39, 0.29) is 24.4 Å². The predicted molar refractivity (Wildman–Crippen MR) is 70.0 cm³/mol. The van der Waals surface area contributed by atoms with Crippen molar-refractivity contribution in [2.45, 2.75) is 39.3 Å². The normalized spacial score (nSPS) is 12.4. The summed E-state index contributed by atoms with van der Waals surface area (Å²) in [7, 11) is 0. The van der Waals surface area contributed by atoms with Gasteiger partial charge in [-0.3, -0.25) is 9.59 Å². The molecule has 100 valence electrons. The fourth-order valence-corrected chi connectivity index (χ4v) is 1.76. The molecule has 0 aromatic carbocycles. The molecule has 0 aliphatic heterocycles. The van der Waals surface area contributed by atoms with Crippen LogP contribution in [0.2, 0.25) is 0 Å². The second-order valence-electron chi connectivity index (χ2n) is 4.70. The Kier molecular flexibility index (Phi) is 4.36. The van der Waals surface area contributed by atoms with E-state index in [2.05, 4.69) is 5.32 Å². The van der Waals surface area contributed by atoms with Crippen LogP contribution in [0.5, 0.6) is 0 Å². The Bertz CT molecular complexity index is 451. The van der Waals surface area contributed by atoms with Gasteiger partial charge in [0.25, 0.3) is 5.91 Å². The van der Waals surface area contributed by atoms with Gasteiger partial charge in [0.2, 0.25) is 5.91 Å². The molecule has 0 saturated heterocycles. The van der Waals surface area contributed by atoms with Crippen LogP contribution in [0.1, 0.15) is 43.7 Å². The monoisotopic (exact) mass is 252 g/mol. The summed E-state index contributed by atoms with van der Waals surface area (Å²) in [6.07, 6.45) is 1.84. The molecule has 1 aromatic rings. The highest BCUT2D eigenvalue weighted by Gasteiger charge is 2.17. The molecule has 0 fully saturated rings. The topological polar surface area (TPSA) is 103 Å². The van der Waals surface area contributed by atoms with Crippen LogP contribution in [-0.2, 0) is 4.79 Å². The SMILES string of the molecule is CC(CC(N)=O)NC(=O)c1cc(N)cn1C(C)C. The first-order valence-electron chi connectivity index (χ1n) is 5.87. The number of carbonyl (C=O) groups is 2. The minimum Gasteiger partial charge on any atom is -0.397 e. The number of nitrogen functional groups attached to an aromatic ring is 1. The molecule has 1 atom stereocenters. The van der Waals surface area contributed by atoms with Crippen molar-refractivity contribution in [1.82, 2.24) is 9.88 Å². The van der Waals surface area contributed by atoms with Gasteiger partial charge < -0.3 is 21.4 Å². The van der Waals surface area contributed by atoms with Crippen LogP contribution in [0.15, 0.2) is 12.3 Å². The number of nitrogens with zero attached hydrogens (tertiary/aromatic N) is 1. The minimum absolute atomic E-state index is 0.115. The highest BCUT2D eigenvalue weighted by Crippen LogP contribution is 2.16. The van der Waals surface area contributed by atoms with Crippen molar-refractivity contribution in [2.24, 2.45) is 5.73 Å². The molecule has 1 rings (SSSR count). The molecule has 0 aliphatic carbocycles. The van der Waals surface area contributed by atoms with E-state index in [9.17, 15) is 9.59 Å². The number of amides is 2. The summed E-state index contributed by atoms with van der Waals surface area (Å²) in [4.78, 5) is 22.8. The number of carbonyl (C=O) groups excluding carboxylic acids is 2. The van der Waals surface area contributed by atoms with E-state index in [4.69, 9.17) is 11.5 Å². The van der Waals surface area contributed by atoms with Crippen LogP contribution in [0.4, 0.5) is 5.69 Å². The molecular formula is C12H20N4O2. The van der Waals surface area contributed by atoms with Gasteiger partial charge in [0, 0.05) is 24.7 Å². The maximum Gasteiger partial charge on any atom is 0.268 e. The summed E-state index contributed by atoms with van der Waals surface area (Å²) in [5.74, 6) is -0.698. The molecular weight excluding hydrogens is 232 g/mol. The van der Waals surface area contributed by atoms with Crippen LogP contribution < -0.4 is 16.8 Å². The molecule has 18 heavy (non-hydrogen) atoms. The fourth-order valence-electron chi connectivity index (χ4n) is 1.76. The summed E-state index contributed by atoms with van der Waals surface area (Å²) in [5, 5.41) is 2.72. The molecule has 0 spiro atoms. The van der Waals surface area contributed by atoms with Crippen molar-refractivity contribution in [3.63, 3.8) is 0 Å². The van der Waals surface area contributed by atoms with Crippen LogP contribution >= 0.6 is 0 Å². The van der Waals surface area contributed by atoms with Gasteiger partial charge in [0.1, 0.15) is 5.69 Å². The van der Waals surface area contributed by atoms with E-state index >= 15 is 0 Å². The third kappa shape index (κ3) is 3.51. The van der Waals surface area contributed by atoms with Gasteiger partial charge in [0.05, 0.1) is 5.69 Å². The second kappa shape index (κ2) is 5.57. The van der Waals surface area contributed by atoms with Gasteiger partial charge in [0.15, 0.2) is 0 Å². The molecule has 0 saturated carbocycles. The average molecular weight is 252 g/mol. The summed E-state index contributed by atoms with van der Waals surface area (Å²) in [5.41, 5.74) is 11.8. The lowest BCUT2D eigenvalue weighted by molar-refractivity contribution is -0.118. The van der Waals surface area contributed by atoms with Crippen molar-refractivity contribution < 1.29 is 9.59 Å². The smallest absolute Gasteiger partial charge is 0.268 e. The predicted octanol–water partition coefficient (Wildman–Crippen LogP) is 0.645. The number of hydrogen-bond donors (Lipinski definition) is 3. The van der Waals surface area contributed by atoms with Gasteiger partial charge in [-0.1, -0.05) is 0 Å². The number of nitrogens with one attached hydrogen (secondary N) is 1. The van der Waals surface area contributed by atoms with Crippen molar-refractivity contribution >= 4 is 17.5 Å². The molecule has 5 N–H and O–H groups in total. The average Bonchev–Trinajstić information content (AvgIpc) is 2.58. The first-order chi connectivity index (χ1) is 8.31. The number of aromatic nitrogens is 1. The number of nitrogens with two attached hydrogens (primary N) is 2. The molecule has 1 heterocycles. The maximum atomic E-state index is 12.0. The third-order valence-corrected chi connectivity index (χ3v) is 2.54. The van der Waals surface area contributed by atoms with Gasteiger partial charge in [-0.2, -0.15) is 0 Å². The summed E-state index contributed by atoms with van der Waals surface area (Å²) < 4.78 is 1.79. The molecule has 0 radical (unpaired) electrons. The zero-order chi connectivity index (χ0) is 13.9. The minimum atomic E-state index is -0.443. The molecule has 6 heteroatoms. The van der Waals surface area contributed by atoms with Crippen molar-refractivity contribution in [3.05, 3.63) is 18.0 Å². The maximum absolute atomic E-state index is 12.0. The van der Waals surface area contributed by atoms with Crippen molar-refractivity contribution in [1.29, 1.82) is 0 Å². The van der Waals surface area contributed by atoms with E-state index in [1.54, 1.807) is 23.8 Å². The Morgan fingerprint density at radius 3 is 2.50 bits per heavy atom. The van der Waals surface area contributed by atoms with Crippen LogP contribution in [0.25, 0.3) is 0 Å². The Morgan fingerprint density at radius 1 is 1.39 bits per heavy atom. The Labute approximate surface area is 106 Å². The molecule has 6 nitrogen and oxygen atoms in total. The van der Waals surface area contributed by atoms with Gasteiger partial charge in [-0.25, -0.2) is 0 Å². The summed E-state index contributed by atoms with van der Waals surface area (Å²) in [6.45, 7) is 5.65. The number of primary amides is 1. The van der Waals surface area contributed by atoms with E-state index < -0.39 is 5.91 Å².